The Labute approximate surface area is 67.2 Å². The van der Waals surface area contributed by atoms with Crippen LogP contribution < -0.4 is 18.9 Å². The third-order valence-corrected chi connectivity index (χ3v) is 0. The molecule has 0 amide bonds. The van der Waals surface area contributed by atoms with Gasteiger partial charge in [-0.1, -0.05) is 0 Å². The van der Waals surface area contributed by atoms with Crippen molar-refractivity contribution >= 4 is 10.4 Å². The normalized spacial score (nSPS) is 9.40. The summed E-state index contributed by atoms with van der Waals surface area (Å²) in [6.45, 7) is -3.08. The maximum Gasteiger partial charge on any atom is 1.00 e. The molecule has 0 unspecified atom stereocenters. The number of hydrogen-bond acceptors (Lipinski definition) is 2. The Kier molecular flexibility index (Phi) is 12.3. The van der Waals surface area contributed by atoms with E-state index in [9.17, 15) is 13.2 Å². The topological polar surface area (TPSA) is 74.6 Å². The van der Waals surface area contributed by atoms with E-state index in [2.05, 4.69) is 0 Å². The van der Waals surface area contributed by atoms with E-state index in [4.69, 9.17) is 17.5 Å². The largest absolute Gasteiger partial charge is 1.00 e. The third-order valence-electron chi connectivity index (χ3n) is 0. The molecule has 0 rings (SSSR count). The average molecular weight is 174 g/mol. The van der Waals surface area contributed by atoms with Gasteiger partial charge in [0.1, 0.15) is 0 Å². The molecule has 0 heterocycles. The molecule has 0 saturated heterocycles. The summed E-state index contributed by atoms with van der Waals surface area (Å²) in [5.74, 6) is 0. The maximum absolute atomic E-state index is 9.58. The molecule has 2 N–H and O–H groups in total. The van der Waals surface area contributed by atoms with E-state index < -0.39 is 17.1 Å². The van der Waals surface area contributed by atoms with Gasteiger partial charge in [0.2, 0.25) is 0 Å². The molecule has 0 aliphatic carbocycles. The molecule has 10 heavy (non-hydrogen) atoms. The molecule has 0 bridgehead atoms. The molecular formula is CH2F3LiO4S. The second-order valence-corrected chi connectivity index (χ2v) is 1.56. The molecule has 58 valence electrons. The van der Waals surface area contributed by atoms with Crippen LogP contribution in [0.15, 0.2) is 0 Å². The maximum atomic E-state index is 9.58. The first-order valence-corrected chi connectivity index (χ1v) is 2.66. The molecule has 0 atom stereocenters. The van der Waals surface area contributed by atoms with Crippen molar-refractivity contribution in [2.24, 2.45) is 0 Å². The van der Waals surface area contributed by atoms with Gasteiger partial charge in [0, 0.05) is 0 Å². The Morgan fingerprint density at radius 3 is 1.10 bits per heavy atom. The zero-order valence-corrected chi connectivity index (χ0v) is 5.57. The third kappa shape index (κ3) is 6560. The van der Waals surface area contributed by atoms with Crippen molar-refractivity contribution in [3.05, 3.63) is 6.68 Å². The van der Waals surface area contributed by atoms with Gasteiger partial charge < -0.3 is 13.2 Å². The summed E-state index contributed by atoms with van der Waals surface area (Å²) < 4.78 is 60.3. The van der Waals surface area contributed by atoms with Gasteiger partial charge in [0.05, 0.1) is 0 Å². The summed E-state index contributed by atoms with van der Waals surface area (Å²) in [6, 6.07) is 0. The summed E-state index contributed by atoms with van der Waals surface area (Å²) in [6.07, 6.45) is 0. The molecule has 0 aliphatic rings. The van der Waals surface area contributed by atoms with Crippen LogP contribution in [0.2, 0.25) is 0 Å². The Morgan fingerprint density at radius 1 is 1.10 bits per heavy atom. The zero-order valence-electron chi connectivity index (χ0n) is 4.75. The van der Waals surface area contributed by atoms with E-state index in [0.717, 1.165) is 0 Å². The Balaban J connectivity index is -0.0000000910. The van der Waals surface area contributed by atoms with Gasteiger partial charge in [0.15, 0.2) is 6.68 Å². The van der Waals surface area contributed by atoms with Crippen LogP contribution >= 0.6 is 0 Å². The van der Waals surface area contributed by atoms with Crippen molar-refractivity contribution in [2.75, 3.05) is 0 Å². The quantitative estimate of drug-likeness (QED) is 0.246. The van der Waals surface area contributed by atoms with Crippen LogP contribution in [0.25, 0.3) is 0 Å². The minimum Gasteiger partial charge on any atom is -0.385 e. The minimum atomic E-state index is -4.67. The molecule has 0 spiro atoms. The van der Waals surface area contributed by atoms with Crippen LogP contribution in [-0.2, 0) is 10.4 Å². The molecule has 0 aromatic rings. The standard InChI is InChI=1S/CF3.Li.H2O4S/c2-1(3)4;;1-5(2,3)4/h;;(H2,1,2,3,4)/q-1;+1;. The molecule has 4 nitrogen and oxygen atoms in total. The van der Waals surface area contributed by atoms with Crippen molar-refractivity contribution in [1.82, 2.24) is 0 Å². The summed E-state index contributed by atoms with van der Waals surface area (Å²) in [7, 11) is -4.67. The van der Waals surface area contributed by atoms with Gasteiger partial charge in [-0.25, -0.2) is 0 Å². The van der Waals surface area contributed by atoms with Crippen LogP contribution in [0, 0.1) is 6.68 Å². The number of halogens is 3. The van der Waals surface area contributed by atoms with Gasteiger partial charge in [0.25, 0.3) is 0 Å². The van der Waals surface area contributed by atoms with E-state index in [1.165, 1.54) is 0 Å². The van der Waals surface area contributed by atoms with Crippen LogP contribution in [0.1, 0.15) is 0 Å². The summed E-state index contributed by atoms with van der Waals surface area (Å²) in [5, 5.41) is 0. The number of rotatable bonds is 0. The zero-order chi connectivity index (χ0) is 8.08. The van der Waals surface area contributed by atoms with Crippen molar-refractivity contribution in [1.29, 1.82) is 0 Å². The molecule has 0 radical (unpaired) electrons. The van der Waals surface area contributed by atoms with E-state index in [-0.39, 0.29) is 18.9 Å². The van der Waals surface area contributed by atoms with Gasteiger partial charge >= 0.3 is 29.3 Å². The Morgan fingerprint density at radius 2 is 1.10 bits per heavy atom. The second-order valence-electron chi connectivity index (χ2n) is 0.662. The monoisotopic (exact) mass is 174 g/mol. The number of hydrogen-bond donors (Lipinski definition) is 2. The molecule has 0 saturated carbocycles. The Bertz CT molecular complexity index is 132. The summed E-state index contributed by atoms with van der Waals surface area (Å²) >= 11 is 0. The predicted octanol–water partition coefficient (Wildman–Crippen LogP) is -2.31. The molecule has 0 fully saturated rings. The van der Waals surface area contributed by atoms with Crippen molar-refractivity contribution in [3.8, 4) is 0 Å². The summed E-state index contributed by atoms with van der Waals surface area (Å²) in [5.41, 5.74) is 0. The fraction of sp³-hybridized carbons (Fsp3) is 0. The van der Waals surface area contributed by atoms with E-state index in [1.54, 1.807) is 0 Å². The predicted molar refractivity (Wildman–Crippen MR) is 20.7 cm³/mol. The van der Waals surface area contributed by atoms with Crippen LogP contribution in [0.3, 0.4) is 0 Å². The van der Waals surface area contributed by atoms with Crippen LogP contribution in [0.5, 0.6) is 0 Å². The molecule has 9 heteroatoms. The first-order valence-electron chi connectivity index (χ1n) is 1.27. The van der Waals surface area contributed by atoms with E-state index >= 15 is 0 Å². The van der Waals surface area contributed by atoms with Gasteiger partial charge in [-0.15, -0.1) is 0 Å². The first-order chi connectivity index (χ1) is 3.73. The van der Waals surface area contributed by atoms with Crippen molar-refractivity contribution < 1.29 is 49.6 Å². The fourth-order valence-corrected chi connectivity index (χ4v) is 0. The smallest absolute Gasteiger partial charge is 0.385 e. The van der Waals surface area contributed by atoms with Gasteiger partial charge in [-0.2, -0.15) is 8.42 Å². The molecule has 0 aromatic heterocycles. The second kappa shape index (κ2) is 7.37. The van der Waals surface area contributed by atoms with Gasteiger partial charge in [-0.05, 0) is 0 Å². The Hall–Kier alpha value is 0.257. The van der Waals surface area contributed by atoms with Crippen LogP contribution in [0.4, 0.5) is 13.2 Å². The van der Waals surface area contributed by atoms with E-state index in [0.29, 0.717) is 0 Å². The van der Waals surface area contributed by atoms with Crippen LogP contribution in [-0.4, -0.2) is 17.5 Å². The van der Waals surface area contributed by atoms with Gasteiger partial charge in [-0.3, -0.25) is 9.11 Å². The molecular weight excluding hydrogens is 172 g/mol. The van der Waals surface area contributed by atoms with Crippen molar-refractivity contribution in [2.45, 2.75) is 0 Å². The average Bonchev–Trinajstić information content (AvgIpc) is 1.19. The summed E-state index contributed by atoms with van der Waals surface area (Å²) in [4.78, 5) is 0. The molecule has 0 aromatic carbocycles. The SMILES string of the molecule is F[C-](F)F.O=S(=O)(O)O.[Li+]. The van der Waals surface area contributed by atoms with Crippen molar-refractivity contribution in [3.63, 3.8) is 0 Å². The first kappa shape index (κ1) is 16.7. The van der Waals surface area contributed by atoms with E-state index in [1.807, 2.05) is 0 Å². The molecule has 0 aliphatic heterocycles. The fourth-order valence-electron chi connectivity index (χ4n) is 0. The minimum absolute atomic E-state index is 0.